The summed E-state index contributed by atoms with van der Waals surface area (Å²) in [6.07, 6.45) is 8.09. The van der Waals surface area contributed by atoms with Crippen LogP contribution in [0.3, 0.4) is 0 Å². The Balaban J connectivity index is 2.28. The lowest BCUT2D eigenvalue weighted by Gasteiger charge is -2.42. The molecule has 26 heavy (non-hydrogen) atoms. The third-order valence-electron chi connectivity index (χ3n) is 4.72. The monoisotopic (exact) mass is 354 g/mol. The molecule has 1 saturated heterocycles. The van der Waals surface area contributed by atoms with Gasteiger partial charge in [-0.05, 0) is 36.3 Å². The molecule has 0 aliphatic carbocycles. The van der Waals surface area contributed by atoms with Crippen molar-refractivity contribution < 1.29 is 4.84 Å². The van der Waals surface area contributed by atoms with Crippen molar-refractivity contribution in [2.24, 2.45) is 11.8 Å². The first-order valence-corrected chi connectivity index (χ1v) is 9.71. The Morgan fingerprint density at radius 2 is 1.96 bits per heavy atom. The molecule has 2 rings (SSSR count). The molecule has 1 aliphatic rings. The first kappa shape index (κ1) is 20.5. The quantitative estimate of drug-likeness (QED) is 0.612. The van der Waals surface area contributed by atoms with Gasteiger partial charge in [0, 0.05) is 18.2 Å². The molecule has 3 nitrogen and oxygen atoms in total. The molecular weight excluding hydrogens is 320 g/mol. The minimum atomic E-state index is 0.0777. The van der Waals surface area contributed by atoms with Crippen molar-refractivity contribution >= 4 is 0 Å². The molecule has 0 saturated carbocycles. The van der Waals surface area contributed by atoms with E-state index in [-0.39, 0.29) is 6.10 Å². The number of allylic oxidation sites excluding steroid dienone is 5. The van der Waals surface area contributed by atoms with E-state index < -0.39 is 0 Å². The van der Waals surface area contributed by atoms with Crippen molar-refractivity contribution in [3.8, 4) is 0 Å². The van der Waals surface area contributed by atoms with Crippen LogP contribution in [0.2, 0.25) is 0 Å². The van der Waals surface area contributed by atoms with Crippen LogP contribution in [0.5, 0.6) is 0 Å². The van der Waals surface area contributed by atoms with Gasteiger partial charge in [-0.25, -0.2) is 0 Å². The van der Waals surface area contributed by atoms with Crippen LogP contribution >= 0.6 is 0 Å². The molecular formula is C23H34N2O. The number of benzene rings is 1. The SMILES string of the molecule is C=C/C=C\C(=C(/CC(C)C)N1NOC(c2ccccc2)CC1C)C(C)C. The van der Waals surface area contributed by atoms with Crippen LogP contribution in [-0.4, -0.2) is 11.1 Å². The van der Waals surface area contributed by atoms with Gasteiger partial charge in [-0.2, -0.15) is 0 Å². The molecule has 0 radical (unpaired) electrons. The molecule has 1 aromatic carbocycles. The van der Waals surface area contributed by atoms with Gasteiger partial charge in [-0.3, -0.25) is 9.85 Å². The van der Waals surface area contributed by atoms with E-state index in [9.17, 15) is 0 Å². The summed E-state index contributed by atoms with van der Waals surface area (Å²) in [7, 11) is 0. The van der Waals surface area contributed by atoms with E-state index in [2.05, 4.69) is 82.1 Å². The van der Waals surface area contributed by atoms with Gasteiger partial charge < -0.3 is 0 Å². The second-order valence-electron chi connectivity index (χ2n) is 7.81. The van der Waals surface area contributed by atoms with E-state index in [0.717, 1.165) is 12.8 Å². The fraction of sp³-hybridized carbons (Fsp3) is 0.478. The molecule has 1 fully saturated rings. The molecule has 1 aromatic rings. The number of hydrazine groups is 1. The van der Waals surface area contributed by atoms with Gasteiger partial charge >= 0.3 is 0 Å². The van der Waals surface area contributed by atoms with Crippen LogP contribution in [0.15, 0.2) is 66.4 Å². The van der Waals surface area contributed by atoms with Crippen molar-refractivity contribution in [1.82, 2.24) is 10.6 Å². The van der Waals surface area contributed by atoms with E-state index in [1.807, 2.05) is 18.2 Å². The highest BCUT2D eigenvalue weighted by atomic mass is 16.7. The summed E-state index contributed by atoms with van der Waals surface area (Å²) in [6.45, 7) is 15.1. The molecule has 0 amide bonds. The van der Waals surface area contributed by atoms with Crippen molar-refractivity contribution in [3.63, 3.8) is 0 Å². The summed E-state index contributed by atoms with van der Waals surface area (Å²) < 4.78 is 0. The van der Waals surface area contributed by atoms with E-state index in [1.165, 1.54) is 16.8 Å². The topological polar surface area (TPSA) is 24.5 Å². The maximum absolute atomic E-state index is 6.04. The summed E-state index contributed by atoms with van der Waals surface area (Å²) in [5.41, 5.74) is 7.11. The largest absolute Gasteiger partial charge is 0.287 e. The van der Waals surface area contributed by atoms with Crippen LogP contribution < -0.4 is 5.59 Å². The molecule has 2 atom stereocenters. The van der Waals surface area contributed by atoms with Crippen LogP contribution in [0.4, 0.5) is 0 Å². The zero-order chi connectivity index (χ0) is 19.1. The van der Waals surface area contributed by atoms with Gasteiger partial charge in [-0.15, -0.1) is 5.59 Å². The van der Waals surface area contributed by atoms with Crippen molar-refractivity contribution in [1.29, 1.82) is 0 Å². The molecule has 2 unspecified atom stereocenters. The van der Waals surface area contributed by atoms with Crippen LogP contribution in [-0.2, 0) is 4.84 Å². The Hall–Kier alpha value is -1.84. The first-order valence-electron chi connectivity index (χ1n) is 9.71. The molecule has 142 valence electrons. The van der Waals surface area contributed by atoms with E-state index in [0.29, 0.717) is 17.9 Å². The Labute approximate surface area is 159 Å². The van der Waals surface area contributed by atoms with E-state index in [4.69, 9.17) is 4.84 Å². The summed E-state index contributed by atoms with van der Waals surface area (Å²) in [6, 6.07) is 10.8. The maximum atomic E-state index is 6.04. The predicted octanol–water partition coefficient (Wildman–Crippen LogP) is 5.96. The third kappa shape index (κ3) is 5.33. The smallest absolute Gasteiger partial charge is 0.108 e. The van der Waals surface area contributed by atoms with Gasteiger partial charge in [0.25, 0.3) is 0 Å². The van der Waals surface area contributed by atoms with Crippen LogP contribution in [0.1, 0.15) is 59.1 Å². The lowest BCUT2D eigenvalue weighted by molar-refractivity contribution is -0.173. The van der Waals surface area contributed by atoms with Gasteiger partial charge in [0.2, 0.25) is 0 Å². The lowest BCUT2D eigenvalue weighted by Crippen LogP contribution is -2.50. The van der Waals surface area contributed by atoms with E-state index in [1.54, 1.807) is 0 Å². The summed E-state index contributed by atoms with van der Waals surface area (Å²) in [5.74, 6) is 0.998. The van der Waals surface area contributed by atoms with Gasteiger partial charge in [0.15, 0.2) is 0 Å². The van der Waals surface area contributed by atoms with Crippen molar-refractivity contribution in [3.05, 3.63) is 72.0 Å². The Bertz CT molecular complexity index is 631. The minimum absolute atomic E-state index is 0.0777. The highest BCUT2D eigenvalue weighted by Gasteiger charge is 2.30. The predicted molar refractivity (Wildman–Crippen MR) is 110 cm³/mol. The zero-order valence-corrected chi connectivity index (χ0v) is 16.9. The minimum Gasteiger partial charge on any atom is -0.287 e. The van der Waals surface area contributed by atoms with Crippen LogP contribution in [0, 0.1) is 11.8 Å². The normalized spacial score (nSPS) is 22.2. The second-order valence-corrected chi connectivity index (χ2v) is 7.81. The van der Waals surface area contributed by atoms with Gasteiger partial charge in [0.05, 0.1) is 0 Å². The fourth-order valence-corrected chi connectivity index (χ4v) is 3.40. The number of nitrogens with one attached hydrogen (secondary N) is 1. The number of hydrogen-bond donors (Lipinski definition) is 1. The Morgan fingerprint density at radius 3 is 2.50 bits per heavy atom. The summed E-state index contributed by atoms with van der Waals surface area (Å²) in [5, 5.41) is 2.22. The fourth-order valence-electron chi connectivity index (χ4n) is 3.40. The highest BCUT2D eigenvalue weighted by molar-refractivity contribution is 5.29. The number of hydrogen-bond acceptors (Lipinski definition) is 3. The molecule has 0 aromatic heterocycles. The van der Waals surface area contributed by atoms with Crippen LogP contribution in [0.25, 0.3) is 0 Å². The molecule has 0 bridgehead atoms. The van der Waals surface area contributed by atoms with Crippen molar-refractivity contribution in [2.45, 2.75) is 59.6 Å². The average Bonchev–Trinajstić information content (AvgIpc) is 2.61. The lowest BCUT2D eigenvalue weighted by atomic mass is 9.93. The highest BCUT2D eigenvalue weighted by Crippen LogP contribution is 2.33. The standard InChI is InChI=1S/C23H34N2O/c1-7-8-14-21(18(4)5)22(15-17(2)3)25-19(6)16-23(26-24-25)20-12-10-9-11-13-20/h7-14,17-19,23-24H,1,15-16H2,2-6H3/b14-8-,22-21-. The second kappa shape index (κ2) is 9.75. The molecule has 3 heteroatoms. The first-order chi connectivity index (χ1) is 12.4. The summed E-state index contributed by atoms with van der Waals surface area (Å²) in [4.78, 5) is 6.04. The zero-order valence-electron chi connectivity index (χ0n) is 16.9. The van der Waals surface area contributed by atoms with Gasteiger partial charge in [-0.1, -0.05) is 82.8 Å². The number of nitrogens with zero attached hydrogens (tertiary/aromatic N) is 1. The van der Waals surface area contributed by atoms with Crippen molar-refractivity contribution in [2.75, 3.05) is 0 Å². The molecule has 1 aliphatic heterocycles. The molecule has 1 N–H and O–H groups in total. The average molecular weight is 355 g/mol. The third-order valence-corrected chi connectivity index (χ3v) is 4.72. The molecule has 0 spiro atoms. The molecule has 1 heterocycles. The Kier molecular flexibility index (Phi) is 7.67. The Morgan fingerprint density at radius 1 is 1.27 bits per heavy atom. The van der Waals surface area contributed by atoms with Gasteiger partial charge in [0.1, 0.15) is 6.10 Å². The number of rotatable bonds is 7. The maximum Gasteiger partial charge on any atom is 0.108 e. The summed E-state index contributed by atoms with van der Waals surface area (Å²) >= 11 is 0. The van der Waals surface area contributed by atoms with E-state index >= 15 is 0 Å².